The molecule has 0 saturated carbocycles. The van der Waals surface area contributed by atoms with Gasteiger partial charge in [0.05, 0.1) is 5.52 Å². The number of imidazole rings is 1. The maximum Gasteiger partial charge on any atom is 0.132 e. The Bertz CT molecular complexity index is 508. The number of halogens is 1. The lowest BCUT2D eigenvalue weighted by Crippen LogP contribution is -2.15. The highest BCUT2D eigenvalue weighted by molar-refractivity contribution is 9.10. The van der Waals surface area contributed by atoms with Crippen LogP contribution in [0, 0.1) is 0 Å². The fraction of sp³-hybridized carbons (Fsp3) is 0.364. The van der Waals surface area contributed by atoms with E-state index in [1.165, 1.54) is 0 Å². The van der Waals surface area contributed by atoms with Gasteiger partial charge in [-0.25, -0.2) is 4.98 Å². The number of anilines is 1. The second-order valence-electron chi connectivity index (χ2n) is 4.69. The van der Waals surface area contributed by atoms with Crippen molar-refractivity contribution in [3.05, 3.63) is 28.8 Å². The molecule has 0 aromatic carbocycles. The molecule has 0 atom stereocenters. The Kier molecular flexibility index (Phi) is 2.26. The summed E-state index contributed by atoms with van der Waals surface area (Å²) in [5.74, 6) is 1.01. The summed E-state index contributed by atoms with van der Waals surface area (Å²) in [5.41, 5.74) is 7.58. The van der Waals surface area contributed by atoms with Gasteiger partial charge in [-0.3, -0.25) is 0 Å². The van der Waals surface area contributed by atoms with E-state index < -0.39 is 0 Å². The molecule has 0 radical (unpaired) electrons. The van der Waals surface area contributed by atoms with E-state index in [0.717, 1.165) is 21.6 Å². The van der Waals surface area contributed by atoms with Crippen LogP contribution >= 0.6 is 15.9 Å². The van der Waals surface area contributed by atoms with Gasteiger partial charge in [0.15, 0.2) is 0 Å². The van der Waals surface area contributed by atoms with Gasteiger partial charge in [-0.15, -0.1) is 0 Å². The maximum absolute atomic E-state index is 5.78. The van der Waals surface area contributed by atoms with Crippen LogP contribution in [0.2, 0.25) is 0 Å². The molecule has 2 rings (SSSR count). The van der Waals surface area contributed by atoms with Gasteiger partial charge in [-0.2, -0.15) is 0 Å². The summed E-state index contributed by atoms with van der Waals surface area (Å²) in [5, 5.41) is 0. The predicted octanol–water partition coefficient (Wildman–Crippen LogP) is 2.98. The summed E-state index contributed by atoms with van der Waals surface area (Å²) in [4.78, 5) is 4.53. The zero-order valence-corrected chi connectivity index (χ0v) is 10.7. The first-order chi connectivity index (χ1) is 6.89. The molecule has 15 heavy (non-hydrogen) atoms. The van der Waals surface area contributed by atoms with Crippen LogP contribution in [0.4, 0.5) is 5.69 Å². The van der Waals surface area contributed by atoms with Gasteiger partial charge in [0.25, 0.3) is 0 Å². The minimum absolute atomic E-state index is 0.00271. The van der Waals surface area contributed by atoms with E-state index in [9.17, 15) is 0 Å². The fourth-order valence-electron chi connectivity index (χ4n) is 1.59. The molecular weight excluding hydrogens is 254 g/mol. The van der Waals surface area contributed by atoms with Gasteiger partial charge in [0.1, 0.15) is 10.4 Å². The van der Waals surface area contributed by atoms with Crippen LogP contribution < -0.4 is 5.73 Å². The summed E-state index contributed by atoms with van der Waals surface area (Å²) in [6.45, 7) is 6.41. The maximum atomic E-state index is 5.78. The topological polar surface area (TPSA) is 43.3 Å². The lowest BCUT2D eigenvalue weighted by atomic mass is 9.96. The van der Waals surface area contributed by atoms with Crippen LogP contribution in [0.15, 0.2) is 22.9 Å². The van der Waals surface area contributed by atoms with Crippen LogP contribution in [0.5, 0.6) is 0 Å². The third-order valence-corrected chi connectivity index (χ3v) is 2.87. The molecule has 2 N–H and O–H groups in total. The molecule has 0 saturated heterocycles. The molecule has 2 aromatic heterocycles. The molecule has 0 aliphatic carbocycles. The zero-order chi connectivity index (χ0) is 11.2. The second-order valence-corrected chi connectivity index (χ2v) is 5.45. The number of aromatic nitrogens is 2. The summed E-state index contributed by atoms with van der Waals surface area (Å²) < 4.78 is 2.91. The standard InChI is InChI=1S/C11H14BrN3/c1-11(2,3)10-14-9(12)8-5-4-7(13)6-15(8)10/h4-6H,13H2,1-3H3. The van der Waals surface area contributed by atoms with E-state index in [0.29, 0.717) is 0 Å². The van der Waals surface area contributed by atoms with E-state index in [-0.39, 0.29) is 5.41 Å². The lowest BCUT2D eigenvalue weighted by Gasteiger charge is -2.16. The van der Waals surface area contributed by atoms with Crippen molar-refractivity contribution in [3.63, 3.8) is 0 Å². The van der Waals surface area contributed by atoms with Crippen LogP contribution in [0.25, 0.3) is 5.52 Å². The quantitative estimate of drug-likeness (QED) is 0.798. The molecule has 0 aliphatic rings. The second kappa shape index (κ2) is 3.23. The average molecular weight is 268 g/mol. The van der Waals surface area contributed by atoms with Gasteiger partial charge in [0, 0.05) is 17.3 Å². The van der Waals surface area contributed by atoms with Gasteiger partial charge < -0.3 is 10.1 Å². The van der Waals surface area contributed by atoms with Gasteiger partial charge >= 0.3 is 0 Å². The average Bonchev–Trinajstić information content (AvgIpc) is 2.42. The molecule has 0 fully saturated rings. The summed E-state index contributed by atoms with van der Waals surface area (Å²) in [7, 11) is 0. The number of pyridine rings is 1. The number of rotatable bonds is 0. The van der Waals surface area contributed by atoms with E-state index in [4.69, 9.17) is 5.73 Å². The van der Waals surface area contributed by atoms with Crippen molar-refractivity contribution in [2.24, 2.45) is 0 Å². The first-order valence-corrected chi connectivity index (χ1v) is 5.62. The van der Waals surface area contributed by atoms with Gasteiger partial charge in [0.2, 0.25) is 0 Å². The molecule has 80 valence electrons. The summed E-state index contributed by atoms with van der Waals surface area (Å²) in [6, 6.07) is 3.86. The third kappa shape index (κ3) is 1.74. The van der Waals surface area contributed by atoms with Crippen LogP contribution in [0.3, 0.4) is 0 Å². The number of nitrogen functional groups attached to an aromatic ring is 1. The summed E-state index contributed by atoms with van der Waals surface area (Å²) in [6.07, 6.45) is 1.91. The Morgan fingerprint density at radius 2 is 2.00 bits per heavy atom. The minimum atomic E-state index is 0.00271. The first-order valence-electron chi connectivity index (χ1n) is 4.83. The molecule has 2 heterocycles. The molecular formula is C11H14BrN3. The van der Waals surface area contributed by atoms with Crippen LogP contribution in [-0.2, 0) is 5.41 Å². The number of fused-ring (bicyclic) bond motifs is 1. The van der Waals surface area contributed by atoms with Crippen molar-refractivity contribution in [1.82, 2.24) is 9.38 Å². The molecule has 0 amide bonds. The lowest BCUT2D eigenvalue weighted by molar-refractivity contribution is 0.542. The number of hydrogen-bond acceptors (Lipinski definition) is 2. The first kappa shape index (κ1) is 10.5. The van der Waals surface area contributed by atoms with Crippen molar-refractivity contribution in [2.75, 3.05) is 5.73 Å². The van der Waals surface area contributed by atoms with Crippen LogP contribution in [-0.4, -0.2) is 9.38 Å². The Balaban J connectivity index is 2.81. The molecule has 3 nitrogen and oxygen atoms in total. The molecule has 0 aliphatic heterocycles. The Hall–Kier alpha value is -1.03. The van der Waals surface area contributed by atoms with Crippen molar-refractivity contribution in [1.29, 1.82) is 0 Å². The molecule has 0 unspecified atom stereocenters. The summed E-state index contributed by atoms with van der Waals surface area (Å²) >= 11 is 3.46. The highest BCUT2D eigenvalue weighted by Crippen LogP contribution is 2.27. The molecule has 4 heteroatoms. The molecule has 0 bridgehead atoms. The van der Waals surface area contributed by atoms with E-state index >= 15 is 0 Å². The highest BCUT2D eigenvalue weighted by atomic mass is 79.9. The molecule has 2 aromatic rings. The number of nitrogens with zero attached hydrogens (tertiary/aromatic N) is 2. The fourth-order valence-corrected chi connectivity index (χ4v) is 2.08. The SMILES string of the molecule is CC(C)(C)c1nc(Br)c2ccc(N)cn12. The van der Waals surface area contributed by atoms with E-state index in [1.54, 1.807) is 0 Å². The minimum Gasteiger partial charge on any atom is -0.398 e. The van der Waals surface area contributed by atoms with Crippen LogP contribution in [0.1, 0.15) is 26.6 Å². The third-order valence-electron chi connectivity index (χ3n) is 2.29. The van der Waals surface area contributed by atoms with Crippen molar-refractivity contribution in [2.45, 2.75) is 26.2 Å². The Labute approximate surface area is 97.4 Å². The molecule has 0 spiro atoms. The predicted molar refractivity (Wildman–Crippen MR) is 66.0 cm³/mol. The highest BCUT2D eigenvalue weighted by Gasteiger charge is 2.21. The normalized spacial score (nSPS) is 12.3. The monoisotopic (exact) mass is 267 g/mol. The van der Waals surface area contributed by atoms with Crippen molar-refractivity contribution in [3.8, 4) is 0 Å². The van der Waals surface area contributed by atoms with Crippen molar-refractivity contribution >= 4 is 27.1 Å². The number of hydrogen-bond donors (Lipinski definition) is 1. The van der Waals surface area contributed by atoms with Crippen molar-refractivity contribution < 1.29 is 0 Å². The largest absolute Gasteiger partial charge is 0.398 e. The zero-order valence-electron chi connectivity index (χ0n) is 9.08. The van der Waals surface area contributed by atoms with E-state index in [2.05, 4.69) is 41.7 Å². The van der Waals surface area contributed by atoms with Gasteiger partial charge in [-0.1, -0.05) is 20.8 Å². The number of nitrogens with two attached hydrogens (primary N) is 1. The Morgan fingerprint density at radius 3 is 2.60 bits per heavy atom. The smallest absolute Gasteiger partial charge is 0.132 e. The van der Waals surface area contributed by atoms with E-state index in [1.807, 2.05) is 22.7 Å². The van der Waals surface area contributed by atoms with Gasteiger partial charge in [-0.05, 0) is 28.1 Å². The Morgan fingerprint density at radius 1 is 1.33 bits per heavy atom.